The van der Waals surface area contributed by atoms with Crippen LogP contribution in [0.2, 0.25) is 0 Å². The number of benzene rings is 2. The molecule has 118 valence electrons. The van der Waals surface area contributed by atoms with Gasteiger partial charge in [-0.05, 0) is 56.4 Å². The second-order valence-corrected chi connectivity index (χ2v) is 6.85. The third-order valence-electron chi connectivity index (χ3n) is 4.18. The fourth-order valence-electron chi connectivity index (χ4n) is 2.92. The van der Waals surface area contributed by atoms with E-state index in [9.17, 15) is 0 Å². The van der Waals surface area contributed by atoms with E-state index >= 15 is 0 Å². The van der Waals surface area contributed by atoms with Gasteiger partial charge in [0.25, 0.3) is 0 Å². The van der Waals surface area contributed by atoms with Crippen molar-refractivity contribution in [2.75, 3.05) is 29.7 Å². The van der Waals surface area contributed by atoms with Crippen LogP contribution in [0.25, 0.3) is 10.9 Å². The SMILES string of the molecule is CN(C)CCc1c[nH]c2ccc(N3SNc4ccccc43)cc12. The number of likely N-dealkylation sites (N-methyl/N-ethyl adjacent to an activating group) is 1. The maximum atomic E-state index is 3.39. The molecule has 0 bridgehead atoms. The molecular weight excluding hydrogens is 304 g/mol. The average molecular weight is 324 g/mol. The number of fused-ring (bicyclic) bond motifs is 2. The number of hydrogen-bond donors (Lipinski definition) is 2. The van der Waals surface area contributed by atoms with E-state index in [2.05, 4.69) is 81.7 Å². The summed E-state index contributed by atoms with van der Waals surface area (Å²) >= 11 is 1.62. The van der Waals surface area contributed by atoms with Crippen molar-refractivity contribution in [3.05, 3.63) is 54.2 Å². The molecule has 5 heteroatoms. The summed E-state index contributed by atoms with van der Waals surface area (Å²) < 4.78 is 5.62. The third-order valence-corrected chi connectivity index (χ3v) is 5.08. The summed E-state index contributed by atoms with van der Waals surface area (Å²) in [6.07, 6.45) is 3.19. The van der Waals surface area contributed by atoms with Gasteiger partial charge in [0.05, 0.1) is 29.2 Å². The first-order chi connectivity index (χ1) is 11.2. The molecule has 0 amide bonds. The van der Waals surface area contributed by atoms with E-state index in [-0.39, 0.29) is 0 Å². The smallest absolute Gasteiger partial charge is 0.0782 e. The molecule has 23 heavy (non-hydrogen) atoms. The van der Waals surface area contributed by atoms with E-state index in [1.807, 2.05) is 0 Å². The van der Waals surface area contributed by atoms with E-state index in [1.54, 1.807) is 12.1 Å². The molecule has 0 unspecified atom stereocenters. The minimum Gasteiger partial charge on any atom is -0.361 e. The fourth-order valence-corrected chi connectivity index (χ4v) is 3.76. The van der Waals surface area contributed by atoms with Crippen LogP contribution >= 0.6 is 12.1 Å². The van der Waals surface area contributed by atoms with Gasteiger partial charge in [0.1, 0.15) is 0 Å². The molecule has 0 saturated carbocycles. The highest BCUT2D eigenvalue weighted by molar-refractivity contribution is 8.02. The van der Waals surface area contributed by atoms with Crippen molar-refractivity contribution in [1.29, 1.82) is 0 Å². The van der Waals surface area contributed by atoms with Gasteiger partial charge in [-0.2, -0.15) is 0 Å². The molecule has 0 aliphatic carbocycles. The third kappa shape index (κ3) is 2.66. The first-order valence-corrected chi connectivity index (χ1v) is 8.56. The predicted octanol–water partition coefficient (Wildman–Crippen LogP) is 4.40. The second kappa shape index (κ2) is 5.83. The van der Waals surface area contributed by atoms with Gasteiger partial charge in [-0.1, -0.05) is 12.1 Å². The summed E-state index contributed by atoms with van der Waals surface area (Å²) in [7, 11) is 4.23. The zero-order valence-electron chi connectivity index (χ0n) is 13.3. The summed E-state index contributed by atoms with van der Waals surface area (Å²) in [5, 5.41) is 1.31. The van der Waals surface area contributed by atoms with E-state index in [0.717, 1.165) is 13.0 Å². The second-order valence-electron chi connectivity index (χ2n) is 6.10. The van der Waals surface area contributed by atoms with Gasteiger partial charge in [0.2, 0.25) is 0 Å². The zero-order chi connectivity index (χ0) is 15.8. The number of H-pyrrole nitrogens is 1. The maximum Gasteiger partial charge on any atom is 0.0782 e. The topological polar surface area (TPSA) is 34.3 Å². The molecule has 1 aliphatic heterocycles. The van der Waals surface area contributed by atoms with Crippen molar-refractivity contribution in [2.45, 2.75) is 6.42 Å². The van der Waals surface area contributed by atoms with Crippen LogP contribution < -0.4 is 9.03 Å². The number of hydrogen-bond acceptors (Lipinski definition) is 4. The molecule has 4 nitrogen and oxygen atoms in total. The fraction of sp³-hybridized carbons (Fsp3) is 0.222. The monoisotopic (exact) mass is 324 g/mol. The minimum atomic E-state index is 1.05. The number of aromatic nitrogens is 1. The summed E-state index contributed by atoms with van der Waals surface area (Å²) in [6, 6.07) is 15.0. The molecule has 1 aromatic heterocycles. The molecule has 0 saturated heterocycles. The highest BCUT2D eigenvalue weighted by atomic mass is 32.2. The van der Waals surface area contributed by atoms with Gasteiger partial charge in [-0.25, -0.2) is 0 Å². The molecule has 4 rings (SSSR count). The number of nitrogens with zero attached hydrogens (tertiary/aromatic N) is 2. The Bertz CT molecular complexity index is 840. The summed E-state index contributed by atoms with van der Waals surface area (Å²) in [5.41, 5.74) is 6.15. The molecule has 0 radical (unpaired) electrons. The van der Waals surface area contributed by atoms with Gasteiger partial charge in [0, 0.05) is 23.6 Å². The van der Waals surface area contributed by atoms with Crippen LogP contribution in [0.5, 0.6) is 0 Å². The lowest BCUT2D eigenvalue weighted by Gasteiger charge is -2.16. The zero-order valence-corrected chi connectivity index (χ0v) is 14.2. The van der Waals surface area contributed by atoms with Crippen LogP contribution in [-0.2, 0) is 6.42 Å². The largest absolute Gasteiger partial charge is 0.361 e. The maximum absolute atomic E-state index is 3.39. The number of aromatic amines is 1. The van der Waals surface area contributed by atoms with Crippen LogP contribution in [0.4, 0.5) is 17.1 Å². The molecule has 2 aromatic carbocycles. The van der Waals surface area contributed by atoms with Crippen LogP contribution in [0.1, 0.15) is 5.56 Å². The van der Waals surface area contributed by atoms with Gasteiger partial charge < -0.3 is 14.6 Å². The first kappa shape index (κ1) is 14.5. The number of anilines is 3. The Morgan fingerprint density at radius 3 is 2.87 bits per heavy atom. The van der Waals surface area contributed by atoms with E-state index in [4.69, 9.17) is 0 Å². The van der Waals surface area contributed by atoms with Crippen molar-refractivity contribution >= 4 is 40.1 Å². The van der Waals surface area contributed by atoms with Crippen LogP contribution in [-0.4, -0.2) is 30.5 Å². The highest BCUT2D eigenvalue weighted by Gasteiger charge is 2.21. The van der Waals surface area contributed by atoms with Gasteiger partial charge in [-0.15, -0.1) is 0 Å². The highest BCUT2D eigenvalue weighted by Crippen LogP contribution is 2.44. The van der Waals surface area contributed by atoms with E-state index in [0.29, 0.717) is 0 Å². The molecule has 2 N–H and O–H groups in total. The Kier molecular flexibility index (Phi) is 3.67. The molecule has 0 fully saturated rings. The molecule has 1 aliphatic rings. The molecular formula is C18H20N4S. The summed E-state index contributed by atoms with van der Waals surface area (Å²) in [4.78, 5) is 5.61. The van der Waals surface area contributed by atoms with Crippen molar-refractivity contribution < 1.29 is 0 Å². The molecule has 2 heterocycles. The van der Waals surface area contributed by atoms with Gasteiger partial charge >= 0.3 is 0 Å². The number of rotatable bonds is 4. The Hall–Kier alpha value is -2.11. The lowest BCUT2D eigenvalue weighted by Crippen LogP contribution is -2.14. The Balaban J connectivity index is 1.70. The number of nitrogens with one attached hydrogen (secondary N) is 2. The van der Waals surface area contributed by atoms with E-state index in [1.165, 1.54) is 33.5 Å². The van der Waals surface area contributed by atoms with E-state index < -0.39 is 0 Å². The molecule has 0 spiro atoms. The first-order valence-electron chi connectivity index (χ1n) is 7.79. The molecule has 0 atom stereocenters. The van der Waals surface area contributed by atoms with Crippen LogP contribution in [0, 0.1) is 0 Å². The van der Waals surface area contributed by atoms with Crippen molar-refractivity contribution in [3.63, 3.8) is 0 Å². The Labute approximate surface area is 140 Å². The minimum absolute atomic E-state index is 1.05. The van der Waals surface area contributed by atoms with Gasteiger partial charge in [-0.3, -0.25) is 4.31 Å². The molecule has 3 aromatic rings. The normalized spacial score (nSPS) is 13.6. The van der Waals surface area contributed by atoms with Gasteiger partial charge in [0.15, 0.2) is 0 Å². The Morgan fingerprint density at radius 2 is 2.00 bits per heavy atom. The summed E-state index contributed by atoms with van der Waals surface area (Å²) in [5.74, 6) is 0. The predicted molar refractivity (Wildman–Crippen MR) is 100 cm³/mol. The lowest BCUT2D eigenvalue weighted by atomic mass is 10.1. The standard InChI is InChI=1S/C18H20N4S/c1-21(2)10-9-13-12-19-16-8-7-14(11-15(13)16)22-18-6-4-3-5-17(18)20-23-22/h3-8,11-12,19-20H,9-10H2,1-2H3. The number of para-hydroxylation sites is 2. The lowest BCUT2D eigenvalue weighted by molar-refractivity contribution is 0.414. The van der Waals surface area contributed by atoms with Crippen molar-refractivity contribution in [2.24, 2.45) is 0 Å². The van der Waals surface area contributed by atoms with Crippen molar-refractivity contribution in [3.8, 4) is 0 Å². The van der Waals surface area contributed by atoms with Crippen molar-refractivity contribution in [1.82, 2.24) is 9.88 Å². The average Bonchev–Trinajstić information content (AvgIpc) is 3.16. The van der Waals surface area contributed by atoms with Crippen LogP contribution in [0.15, 0.2) is 48.7 Å². The summed E-state index contributed by atoms with van der Waals surface area (Å²) in [6.45, 7) is 1.06. The van der Waals surface area contributed by atoms with Crippen LogP contribution in [0.3, 0.4) is 0 Å². The Morgan fingerprint density at radius 1 is 1.13 bits per heavy atom. The quantitative estimate of drug-likeness (QED) is 0.697.